The highest BCUT2D eigenvalue weighted by Crippen LogP contribution is 2.35. The average Bonchev–Trinajstić information content (AvgIpc) is 2.93. The van der Waals surface area contributed by atoms with Crippen LogP contribution >= 0.6 is 0 Å². The number of amides is 3. The van der Waals surface area contributed by atoms with E-state index in [0.29, 0.717) is 30.0 Å². The Labute approximate surface area is 146 Å². The molecule has 4 rings (SSSR count). The number of anilines is 1. The van der Waals surface area contributed by atoms with Gasteiger partial charge in [0.15, 0.2) is 6.61 Å². The van der Waals surface area contributed by atoms with E-state index in [-0.39, 0.29) is 36.4 Å². The van der Waals surface area contributed by atoms with Crippen LogP contribution in [0.3, 0.4) is 0 Å². The molecule has 2 fully saturated rings. The molecule has 3 heterocycles. The Hall–Kier alpha value is -2.57. The van der Waals surface area contributed by atoms with Gasteiger partial charge < -0.3 is 19.4 Å². The van der Waals surface area contributed by atoms with Crippen molar-refractivity contribution in [1.29, 1.82) is 0 Å². The van der Waals surface area contributed by atoms with Crippen LogP contribution in [0.2, 0.25) is 0 Å². The van der Waals surface area contributed by atoms with Gasteiger partial charge in [0.2, 0.25) is 5.91 Å². The van der Waals surface area contributed by atoms with E-state index in [4.69, 9.17) is 4.74 Å². The number of carbonyl (C=O) groups is 3. The van der Waals surface area contributed by atoms with Gasteiger partial charge in [-0.25, -0.2) is 0 Å². The molecule has 2 atom stereocenters. The number of nitrogens with zero attached hydrogens (tertiary/aromatic N) is 3. The maximum absolute atomic E-state index is 13.2. The van der Waals surface area contributed by atoms with Gasteiger partial charge in [-0.15, -0.1) is 0 Å². The zero-order valence-corrected chi connectivity index (χ0v) is 14.4. The largest absolute Gasteiger partial charge is 0.482 e. The lowest BCUT2D eigenvalue weighted by atomic mass is 10.1. The van der Waals surface area contributed by atoms with Crippen molar-refractivity contribution in [2.75, 3.05) is 32.1 Å². The maximum atomic E-state index is 13.2. The highest BCUT2D eigenvalue weighted by atomic mass is 16.5. The first-order valence-electron chi connectivity index (χ1n) is 8.55. The Kier molecular flexibility index (Phi) is 3.67. The van der Waals surface area contributed by atoms with E-state index in [2.05, 4.69) is 0 Å². The standard InChI is InChI=1S/C18H21N3O4/c1-19-9-13-5-4-12(8-16(19)22)21(13)18(24)11-3-6-15-14(7-11)20(2)17(23)10-25-15/h3,6-7,12-13H,4-5,8-10H2,1-2H3/t12-,13+/m1/s1. The molecule has 0 radical (unpaired) electrons. The summed E-state index contributed by atoms with van der Waals surface area (Å²) in [5, 5.41) is 0. The molecule has 0 spiro atoms. The van der Waals surface area contributed by atoms with Gasteiger partial charge in [0.25, 0.3) is 11.8 Å². The molecule has 0 saturated carbocycles. The van der Waals surface area contributed by atoms with Crippen molar-refractivity contribution in [2.45, 2.75) is 31.3 Å². The number of hydrogen-bond acceptors (Lipinski definition) is 4. The van der Waals surface area contributed by atoms with Crippen LogP contribution in [0.1, 0.15) is 29.6 Å². The van der Waals surface area contributed by atoms with Gasteiger partial charge in [0.05, 0.1) is 5.69 Å². The van der Waals surface area contributed by atoms with Crippen LogP contribution in [-0.4, -0.2) is 66.9 Å². The minimum atomic E-state index is -0.140. The van der Waals surface area contributed by atoms with Gasteiger partial charge in [-0.05, 0) is 31.0 Å². The molecule has 0 unspecified atom stereocenters. The summed E-state index contributed by atoms with van der Waals surface area (Å²) < 4.78 is 5.42. The predicted molar refractivity (Wildman–Crippen MR) is 90.6 cm³/mol. The smallest absolute Gasteiger partial charge is 0.264 e. The summed E-state index contributed by atoms with van der Waals surface area (Å²) >= 11 is 0. The monoisotopic (exact) mass is 343 g/mol. The van der Waals surface area contributed by atoms with Crippen LogP contribution in [0.25, 0.3) is 0 Å². The highest BCUT2D eigenvalue weighted by Gasteiger charge is 2.42. The lowest BCUT2D eigenvalue weighted by Gasteiger charge is -2.30. The number of hydrogen-bond donors (Lipinski definition) is 0. The molecule has 1 aromatic rings. The molecule has 3 amide bonds. The van der Waals surface area contributed by atoms with Gasteiger partial charge in [-0.3, -0.25) is 14.4 Å². The van der Waals surface area contributed by atoms with Crippen molar-refractivity contribution in [3.8, 4) is 5.75 Å². The Morgan fingerprint density at radius 1 is 1.12 bits per heavy atom. The summed E-state index contributed by atoms with van der Waals surface area (Å²) in [7, 11) is 3.48. The fourth-order valence-electron chi connectivity index (χ4n) is 4.00. The van der Waals surface area contributed by atoms with E-state index in [0.717, 1.165) is 12.8 Å². The first kappa shape index (κ1) is 15.9. The second kappa shape index (κ2) is 5.75. The van der Waals surface area contributed by atoms with Crippen LogP contribution in [0.4, 0.5) is 5.69 Å². The van der Waals surface area contributed by atoms with Gasteiger partial charge in [0, 0.05) is 44.7 Å². The third-order valence-electron chi connectivity index (χ3n) is 5.47. The van der Waals surface area contributed by atoms with Crippen LogP contribution in [0.5, 0.6) is 5.75 Å². The normalized spacial score (nSPS) is 25.6. The Morgan fingerprint density at radius 3 is 2.68 bits per heavy atom. The predicted octanol–water partition coefficient (Wildman–Crippen LogP) is 0.877. The zero-order valence-electron chi connectivity index (χ0n) is 14.4. The molecule has 0 aliphatic carbocycles. The van der Waals surface area contributed by atoms with E-state index >= 15 is 0 Å². The van der Waals surface area contributed by atoms with E-state index in [1.165, 1.54) is 4.90 Å². The fraction of sp³-hybridized carbons (Fsp3) is 0.500. The summed E-state index contributed by atoms with van der Waals surface area (Å²) in [5.41, 5.74) is 1.13. The van der Waals surface area contributed by atoms with Crippen molar-refractivity contribution >= 4 is 23.4 Å². The van der Waals surface area contributed by atoms with E-state index in [1.54, 1.807) is 37.2 Å². The number of carbonyl (C=O) groups excluding carboxylic acids is 3. The number of likely N-dealkylation sites (tertiary alicyclic amines) is 1. The highest BCUT2D eigenvalue weighted by molar-refractivity contribution is 6.01. The number of rotatable bonds is 1. The molecule has 1 aromatic carbocycles. The van der Waals surface area contributed by atoms with Gasteiger partial charge in [0.1, 0.15) is 5.75 Å². The summed E-state index contributed by atoms with van der Waals surface area (Å²) in [4.78, 5) is 42.2. The van der Waals surface area contributed by atoms with Crippen molar-refractivity contribution in [3.63, 3.8) is 0 Å². The molecule has 3 aliphatic heterocycles. The zero-order chi connectivity index (χ0) is 17.7. The SMILES string of the molecule is CN1C[C@@H]2CC[C@H](CC1=O)N2C(=O)c1ccc2c(c1)N(C)C(=O)CO2. The number of benzene rings is 1. The Balaban J connectivity index is 1.65. The van der Waals surface area contributed by atoms with Crippen LogP contribution < -0.4 is 9.64 Å². The molecule has 25 heavy (non-hydrogen) atoms. The molecule has 7 heteroatoms. The minimum absolute atomic E-state index is 0.0154. The van der Waals surface area contributed by atoms with Crippen molar-refractivity contribution in [3.05, 3.63) is 23.8 Å². The Bertz CT molecular complexity index is 763. The second-order valence-corrected chi connectivity index (χ2v) is 7.00. The molecule has 2 saturated heterocycles. The van der Waals surface area contributed by atoms with Crippen molar-refractivity contribution in [2.24, 2.45) is 0 Å². The third kappa shape index (κ3) is 2.54. The summed E-state index contributed by atoms with van der Waals surface area (Å²) in [5.74, 6) is 0.477. The van der Waals surface area contributed by atoms with Crippen LogP contribution in [0, 0.1) is 0 Å². The molecular formula is C18H21N3O4. The average molecular weight is 343 g/mol. The van der Waals surface area contributed by atoms with Gasteiger partial charge in [-0.2, -0.15) is 0 Å². The Morgan fingerprint density at radius 2 is 1.88 bits per heavy atom. The molecule has 0 aromatic heterocycles. The van der Waals surface area contributed by atoms with E-state index < -0.39 is 0 Å². The number of fused-ring (bicyclic) bond motifs is 3. The number of likely N-dealkylation sites (N-methyl/N-ethyl adjacent to an activating group) is 2. The van der Waals surface area contributed by atoms with Crippen molar-refractivity contribution in [1.82, 2.24) is 9.80 Å². The first-order chi connectivity index (χ1) is 12.0. The van der Waals surface area contributed by atoms with Crippen LogP contribution in [-0.2, 0) is 9.59 Å². The van der Waals surface area contributed by atoms with Crippen molar-refractivity contribution < 1.29 is 19.1 Å². The van der Waals surface area contributed by atoms with E-state index in [9.17, 15) is 14.4 Å². The van der Waals surface area contributed by atoms with Gasteiger partial charge in [-0.1, -0.05) is 0 Å². The maximum Gasteiger partial charge on any atom is 0.264 e. The third-order valence-corrected chi connectivity index (χ3v) is 5.47. The molecule has 7 nitrogen and oxygen atoms in total. The van der Waals surface area contributed by atoms with Gasteiger partial charge >= 0.3 is 0 Å². The molecule has 132 valence electrons. The fourth-order valence-corrected chi connectivity index (χ4v) is 4.00. The van der Waals surface area contributed by atoms with Crippen LogP contribution in [0.15, 0.2) is 18.2 Å². The first-order valence-corrected chi connectivity index (χ1v) is 8.55. The topological polar surface area (TPSA) is 70.2 Å². The lowest BCUT2D eigenvalue weighted by Crippen LogP contribution is -2.43. The summed E-state index contributed by atoms with van der Waals surface area (Å²) in [6.45, 7) is 0.592. The molecule has 3 aliphatic rings. The number of ether oxygens (including phenoxy) is 1. The lowest BCUT2D eigenvalue weighted by molar-refractivity contribution is -0.130. The minimum Gasteiger partial charge on any atom is -0.482 e. The van der Waals surface area contributed by atoms with E-state index in [1.807, 2.05) is 4.90 Å². The summed E-state index contributed by atoms with van der Waals surface area (Å²) in [6.07, 6.45) is 2.16. The molecule has 2 bridgehead atoms. The molecule has 0 N–H and O–H groups in total. The molecular weight excluding hydrogens is 322 g/mol. The second-order valence-electron chi connectivity index (χ2n) is 7.00. The quantitative estimate of drug-likeness (QED) is 0.759. The summed E-state index contributed by atoms with van der Waals surface area (Å²) in [6, 6.07) is 5.20.